The van der Waals surface area contributed by atoms with E-state index in [1.54, 1.807) is 6.20 Å². The molecule has 1 aliphatic heterocycles. The second-order valence-corrected chi connectivity index (χ2v) is 6.70. The zero-order valence-electron chi connectivity index (χ0n) is 14.0. The van der Waals surface area contributed by atoms with E-state index in [1.807, 2.05) is 6.92 Å². The molecule has 2 fully saturated rings. The van der Waals surface area contributed by atoms with E-state index in [-0.39, 0.29) is 18.0 Å². The molecule has 1 aromatic rings. The van der Waals surface area contributed by atoms with Crippen molar-refractivity contribution in [1.29, 1.82) is 0 Å². The first kappa shape index (κ1) is 16.1. The fraction of sp³-hybridized carbons (Fsp3) is 0.688. The third kappa shape index (κ3) is 3.79. The average molecular weight is 318 g/mol. The number of hydrogen-bond acceptors (Lipinski definition) is 6. The highest BCUT2D eigenvalue weighted by molar-refractivity contribution is 5.95. The molecule has 2 heterocycles. The van der Waals surface area contributed by atoms with Gasteiger partial charge in [-0.1, -0.05) is 0 Å². The molecular formula is C16H26N6O. The zero-order valence-corrected chi connectivity index (χ0v) is 14.0. The molecule has 2 atom stereocenters. The van der Waals surface area contributed by atoms with Crippen LogP contribution in [0, 0.1) is 6.92 Å². The Bertz CT molecular complexity index is 570. The normalized spacial score (nSPS) is 25.6. The molecule has 3 N–H and O–H groups in total. The lowest BCUT2D eigenvalue weighted by molar-refractivity contribution is 0.0936. The maximum absolute atomic E-state index is 12.4. The van der Waals surface area contributed by atoms with Crippen molar-refractivity contribution in [3.05, 3.63) is 17.5 Å². The van der Waals surface area contributed by atoms with Gasteiger partial charge in [0.25, 0.3) is 5.91 Å². The summed E-state index contributed by atoms with van der Waals surface area (Å²) in [5, 5.41) is 3.05. The van der Waals surface area contributed by atoms with Crippen molar-refractivity contribution in [2.24, 2.45) is 5.73 Å². The van der Waals surface area contributed by atoms with Gasteiger partial charge < -0.3 is 20.9 Å². The summed E-state index contributed by atoms with van der Waals surface area (Å²) in [7, 11) is 2.12. The monoisotopic (exact) mass is 318 g/mol. The Kier molecular flexibility index (Phi) is 4.77. The fourth-order valence-electron chi connectivity index (χ4n) is 3.25. The van der Waals surface area contributed by atoms with Gasteiger partial charge in [-0.05, 0) is 33.2 Å². The molecule has 1 saturated heterocycles. The molecule has 1 aliphatic carbocycles. The van der Waals surface area contributed by atoms with Crippen LogP contribution in [0.4, 0.5) is 5.95 Å². The summed E-state index contributed by atoms with van der Waals surface area (Å²) in [6.07, 6.45) is 4.43. The summed E-state index contributed by atoms with van der Waals surface area (Å²) in [4.78, 5) is 25.8. The number of piperazine rings is 1. The molecule has 1 saturated carbocycles. The summed E-state index contributed by atoms with van der Waals surface area (Å²) in [5.74, 6) is 0.626. The van der Waals surface area contributed by atoms with Crippen LogP contribution in [0.3, 0.4) is 0 Å². The lowest BCUT2D eigenvalue weighted by Gasteiger charge is -2.32. The molecule has 0 aromatic carbocycles. The number of rotatable bonds is 3. The highest BCUT2D eigenvalue weighted by Gasteiger charge is 2.25. The van der Waals surface area contributed by atoms with Crippen molar-refractivity contribution >= 4 is 11.9 Å². The number of nitrogens with two attached hydrogens (primary N) is 1. The lowest BCUT2D eigenvalue weighted by atomic mass is 10.2. The number of nitrogens with zero attached hydrogens (tertiary/aromatic N) is 4. The van der Waals surface area contributed by atoms with Gasteiger partial charge in [0, 0.05) is 44.5 Å². The molecular weight excluding hydrogens is 292 g/mol. The van der Waals surface area contributed by atoms with Gasteiger partial charge >= 0.3 is 0 Å². The molecule has 3 rings (SSSR count). The number of hydrogen-bond donors (Lipinski definition) is 2. The third-order valence-corrected chi connectivity index (χ3v) is 4.81. The van der Waals surface area contributed by atoms with Gasteiger partial charge in [-0.15, -0.1) is 0 Å². The zero-order chi connectivity index (χ0) is 16.4. The van der Waals surface area contributed by atoms with Gasteiger partial charge in [0.05, 0.1) is 11.3 Å². The van der Waals surface area contributed by atoms with Gasteiger partial charge in [-0.3, -0.25) is 4.79 Å². The average Bonchev–Trinajstić information content (AvgIpc) is 2.92. The Morgan fingerprint density at radius 2 is 2.04 bits per heavy atom. The van der Waals surface area contributed by atoms with Crippen LogP contribution in [0.15, 0.2) is 6.20 Å². The van der Waals surface area contributed by atoms with E-state index in [9.17, 15) is 4.79 Å². The predicted molar refractivity (Wildman–Crippen MR) is 89.6 cm³/mol. The maximum atomic E-state index is 12.4. The molecule has 1 aromatic heterocycles. The van der Waals surface area contributed by atoms with Gasteiger partial charge in [-0.25, -0.2) is 9.97 Å². The molecule has 0 radical (unpaired) electrons. The number of aromatic nitrogens is 2. The van der Waals surface area contributed by atoms with E-state index in [4.69, 9.17) is 5.73 Å². The fourth-order valence-corrected chi connectivity index (χ4v) is 3.25. The van der Waals surface area contributed by atoms with Gasteiger partial charge in [-0.2, -0.15) is 0 Å². The van der Waals surface area contributed by atoms with Crippen LogP contribution in [0.25, 0.3) is 0 Å². The first-order valence-corrected chi connectivity index (χ1v) is 8.36. The minimum absolute atomic E-state index is 0.0912. The first-order valence-electron chi connectivity index (χ1n) is 8.36. The van der Waals surface area contributed by atoms with Crippen LogP contribution in [0.5, 0.6) is 0 Å². The largest absolute Gasteiger partial charge is 0.349 e. The molecule has 0 spiro atoms. The number of carbonyl (C=O) groups is 1. The molecule has 2 aliphatic rings. The predicted octanol–water partition coefficient (Wildman–Crippen LogP) is 0.146. The van der Waals surface area contributed by atoms with Crippen molar-refractivity contribution in [3.8, 4) is 0 Å². The van der Waals surface area contributed by atoms with Crippen LogP contribution < -0.4 is 16.0 Å². The topological polar surface area (TPSA) is 87.4 Å². The second-order valence-electron chi connectivity index (χ2n) is 6.70. The van der Waals surface area contributed by atoms with Crippen molar-refractivity contribution in [2.45, 2.75) is 38.3 Å². The Hall–Kier alpha value is -1.73. The van der Waals surface area contributed by atoms with E-state index in [2.05, 4.69) is 32.1 Å². The van der Waals surface area contributed by atoms with E-state index in [1.165, 1.54) is 0 Å². The summed E-state index contributed by atoms with van der Waals surface area (Å²) in [6, 6.07) is 0.381. The van der Waals surface area contributed by atoms with Gasteiger partial charge in [0.1, 0.15) is 0 Å². The van der Waals surface area contributed by atoms with E-state index < -0.39 is 0 Å². The summed E-state index contributed by atoms with van der Waals surface area (Å²) in [6.45, 7) is 5.72. The van der Waals surface area contributed by atoms with Crippen LogP contribution in [-0.4, -0.2) is 66.1 Å². The number of nitrogens with one attached hydrogen (secondary N) is 1. The number of aryl methyl sites for hydroxylation is 1. The highest BCUT2D eigenvalue weighted by atomic mass is 16.1. The minimum atomic E-state index is -0.0912. The number of anilines is 1. The van der Waals surface area contributed by atoms with Gasteiger partial charge in [0.15, 0.2) is 0 Å². The third-order valence-electron chi connectivity index (χ3n) is 4.81. The smallest absolute Gasteiger partial charge is 0.254 e. The Balaban J connectivity index is 1.65. The Labute approximate surface area is 137 Å². The van der Waals surface area contributed by atoms with Crippen LogP contribution >= 0.6 is 0 Å². The van der Waals surface area contributed by atoms with Crippen LogP contribution in [-0.2, 0) is 0 Å². The van der Waals surface area contributed by atoms with Crippen LogP contribution in [0.2, 0.25) is 0 Å². The van der Waals surface area contributed by atoms with E-state index in [0.29, 0.717) is 5.56 Å². The summed E-state index contributed by atoms with van der Waals surface area (Å²) in [5.41, 5.74) is 7.19. The number of carbonyl (C=O) groups excluding carboxylic acids is 1. The highest BCUT2D eigenvalue weighted by Crippen LogP contribution is 2.18. The Morgan fingerprint density at radius 3 is 2.65 bits per heavy atom. The summed E-state index contributed by atoms with van der Waals surface area (Å²) >= 11 is 0. The molecule has 0 bridgehead atoms. The number of amides is 1. The molecule has 126 valence electrons. The van der Waals surface area contributed by atoms with Crippen LogP contribution in [0.1, 0.15) is 35.3 Å². The molecule has 1 amide bonds. The molecule has 0 unspecified atom stereocenters. The number of likely N-dealkylation sites (N-methyl/N-ethyl adjacent to an activating group) is 1. The van der Waals surface area contributed by atoms with Crippen molar-refractivity contribution < 1.29 is 4.79 Å². The van der Waals surface area contributed by atoms with Crippen molar-refractivity contribution in [3.63, 3.8) is 0 Å². The molecule has 23 heavy (non-hydrogen) atoms. The van der Waals surface area contributed by atoms with E-state index >= 15 is 0 Å². The van der Waals surface area contributed by atoms with E-state index in [0.717, 1.165) is 57.1 Å². The van der Waals surface area contributed by atoms with Crippen molar-refractivity contribution in [2.75, 3.05) is 38.1 Å². The molecule has 7 nitrogen and oxygen atoms in total. The standard InChI is InChI=1S/C16H26N6O/c1-11-14(15(23)20-13-4-3-12(17)9-13)10-18-16(19-11)22-7-5-21(2)6-8-22/h10,12-13H,3-9,17H2,1-2H3,(H,20,23)/t12-,13-/m1/s1. The minimum Gasteiger partial charge on any atom is -0.349 e. The quantitative estimate of drug-likeness (QED) is 0.825. The second kappa shape index (κ2) is 6.80. The van der Waals surface area contributed by atoms with Gasteiger partial charge in [0.2, 0.25) is 5.95 Å². The maximum Gasteiger partial charge on any atom is 0.254 e. The first-order chi connectivity index (χ1) is 11.0. The van der Waals surface area contributed by atoms with Crippen molar-refractivity contribution in [1.82, 2.24) is 20.2 Å². The summed E-state index contributed by atoms with van der Waals surface area (Å²) < 4.78 is 0. The lowest BCUT2D eigenvalue weighted by Crippen LogP contribution is -2.45. The SMILES string of the molecule is Cc1nc(N2CCN(C)CC2)ncc1C(=O)N[C@@H]1CC[C@@H](N)C1. The molecule has 7 heteroatoms. The Morgan fingerprint density at radius 1 is 1.30 bits per heavy atom.